The molecule has 0 aliphatic carbocycles. The number of Topliss-reactive ketones (excluding diaryl/α,β-unsaturated/α-hetero) is 1. The van der Waals surface area contributed by atoms with Crippen LogP contribution >= 0.6 is 11.3 Å². The molecule has 3 rings (SSSR count). The second-order valence-corrected chi connectivity index (χ2v) is 9.73. The number of hydrogen-bond donors (Lipinski definition) is 4. The summed E-state index contributed by atoms with van der Waals surface area (Å²) >= 11 is 1.28. The maximum Gasteiger partial charge on any atom is 0.243 e. The predicted molar refractivity (Wildman–Crippen MR) is 139 cm³/mol. The van der Waals surface area contributed by atoms with Gasteiger partial charge in [-0.3, -0.25) is 14.4 Å². The number of rotatable bonds is 10. The first kappa shape index (κ1) is 25.8. The molecular formula is C25H30N6O3S. The van der Waals surface area contributed by atoms with E-state index in [0.717, 1.165) is 15.8 Å². The van der Waals surface area contributed by atoms with E-state index in [-0.39, 0.29) is 30.0 Å². The Hall–Kier alpha value is -3.79. The van der Waals surface area contributed by atoms with Gasteiger partial charge in [0.2, 0.25) is 17.6 Å². The highest BCUT2D eigenvalue weighted by Crippen LogP contribution is 2.24. The molecule has 0 saturated heterocycles. The molecule has 3 aromatic rings. The number of guanidine groups is 1. The number of nitrogens with two attached hydrogens (primary N) is 2. The van der Waals surface area contributed by atoms with Gasteiger partial charge in [-0.1, -0.05) is 38.1 Å². The lowest BCUT2D eigenvalue weighted by Crippen LogP contribution is -2.52. The number of amides is 2. The van der Waals surface area contributed by atoms with Gasteiger partial charge in [0.05, 0.1) is 21.9 Å². The van der Waals surface area contributed by atoms with Crippen LogP contribution in [0, 0.1) is 5.92 Å². The number of nitrogens with one attached hydrogen (secondary N) is 2. The molecule has 1 unspecified atom stereocenters. The number of fused-ring (bicyclic) bond motifs is 1. The largest absolute Gasteiger partial charge is 0.370 e. The van der Waals surface area contributed by atoms with Gasteiger partial charge in [-0.05, 0) is 42.2 Å². The molecule has 2 aromatic carbocycles. The van der Waals surface area contributed by atoms with Crippen molar-refractivity contribution in [2.24, 2.45) is 22.4 Å². The molecule has 0 saturated carbocycles. The average molecular weight is 495 g/mol. The van der Waals surface area contributed by atoms with Gasteiger partial charge in [0.25, 0.3) is 0 Å². The summed E-state index contributed by atoms with van der Waals surface area (Å²) in [7, 11) is 0. The SMILES string of the molecule is CC(=O)N[C@@H](CC(C)C)C(=O)NC(Cc1ccc(N=C(N)N)cc1)C(=O)c1nc2ccccc2s1. The van der Waals surface area contributed by atoms with E-state index in [1.54, 1.807) is 24.3 Å². The zero-order valence-electron chi connectivity index (χ0n) is 19.9. The summed E-state index contributed by atoms with van der Waals surface area (Å²) in [5, 5.41) is 5.87. The Balaban J connectivity index is 1.89. The molecule has 6 N–H and O–H groups in total. The van der Waals surface area contributed by atoms with E-state index in [0.29, 0.717) is 17.1 Å². The maximum atomic E-state index is 13.5. The van der Waals surface area contributed by atoms with Crippen LogP contribution in [0.25, 0.3) is 10.2 Å². The van der Waals surface area contributed by atoms with E-state index in [1.165, 1.54) is 18.3 Å². The standard InChI is InChI=1S/C25H30N6O3S/c1-14(2)12-20(28-15(3)32)23(34)30-19(13-16-8-10-17(11-9-16)29-25(26)27)22(33)24-31-18-6-4-5-7-21(18)35-24/h4-11,14,19-20H,12-13H2,1-3H3,(H,28,32)(H,30,34)(H4,26,27,29)/t19?,20-/m0/s1. The number of benzene rings is 2. The van der Waals surface area contributed by atoms with Crippen LogP contribution < -0.4 is 22.1 Å². The lowest BCUT2D eigenvalue weighted by Gasteiger charge is -2.23. The van der Waals surface area contributed by atoms with Crippen molar-refractivity contribution in [3.63, 3.8) is 0 Å². The first-order valence-electron chi connectivity index (χ1n) is 11.3. The number of para-hydroxylation sites is 1. The number of carbonyl (C=O) groups is 3. The smallest absolute Gasteiger partial charge is 0.243 e. The van der Waals surface area contributed by atoms with Crippen molar-refractivity contribution >= 4 is 50.8 Å². The molecule has 1 aromatic heterocycles. The van der Waals surface area contributed by atoms with Gasteiger partial charge < -0.3 is 22.1 Å². The molecule has 35 heavy (non-hydrogen) atoms. The van der Waals surface area contributed by atoms with Crippen LogP contribution in [0.5, 0.6) is 0 Å². The lowest BCUT2D eigenvalue weighted by molar-refractivity contribution is -0.128. The van der Waals surface area contributed by atoms with Gasteiger partial charge in [0.1, 0.15) is 6.04 Å². The second-order valence-electron chi connectivity index (χ2n) is 8.70. The molecular weight excluding hydrogens is 464 g/mol. The van der Waals surface area contributed by atoms with Crippen LogP contribution in [0.2, 0.25) is 0 Å². The minimum atomic E-state index is -0.875. The van der Waals surface area contributed by atoms with E-state index < -0.39 is 18.0 Å². The van der Waals surface area contributed by atoms with Crippen LogP contribution in [0.15, 0.2) is 53.5 Å². The zero-order chi connectivity index (χ0) is 25.5. The van der Waals surface area contributed by atoms with Crippen molar-refractivity contribution < 1.29 is 14.4 Å². The van der Waals surface area contributed by atoms with E-state index >= 15 is 0 Å². The maximum absolute atomic E-state index is 13.5. The highest BCUT2D eigenvalue weighted by molar-refractivity contribution is 7.20. The summed E-state index contributed by atoms with van der Waals surface area (Å²) < 4.78 is 0.887. The van der Waals surface area contributed by atoms with Crippen molar-refractivity contribution in [1.29, 1.82) is 0 Å². The number of nitrogens with zero attached hydrogens (tertiary/aromatic N) is 2. The Morgan fingerprint density at radius 1 is 1.00 bits per heavy atom. The second kappa shape index (κ2) is 11.6. The Kier molecular flexibility index (Phi) is 8.53. The highest BCUT2D eigenvalue weighted by Gasteiger charge is 2.29. The molecule has 0 spiro atoms. The van der Waals surface area contributed by atoms with Crippen molar-refractivity contribution in [1.82, 2.24) is 15.6 Å². The summed E-state index contributed by atoms with van der Waals surface area (Å²) in [4.78, 5) is 46.8. The van der Waals surface area contributed by atoms with Gasteiger partial charge in [0.15, 0.2) is 11.0 Å². The third-order valence-corrected chi connectivity index (χ3v) is 6.22. The van der Waals surface area contributed by atoms with Crippen LogP contribution in [0.1, 0.15) is 42.6 Å². The predicted octanol–water partition coefficient (Wildman–Crippen LogP) is 2.66. The quantitative estimate of drug-likeness (QED) is 0.193. The van der Waals surface area contributed by atoms with Crippen molar-refractivity contribution in [3.8, 4) is 0 Å². The average Bonchev–Trinajstić information content (AvgIpc) is 3.22. The molecule has 184 valence electrons. The summed E-state index contributed by atoms with van der Waals surface area (Å²) in [6.07, 6.45) is 0.678. The molecule has 0 aliphatic rings. The van der Waals surface area contributed by atoms with Gasteiger partial charge in [0, 0.05) is 13.3 Å². The summed E-state index contributed by atoms with van der Waals surface area (Å²) in [6, 6.07) is 12.9. The number of hydrogen-bond acceptors (Lipinski definition) is 6. The zero-order valence-corrected chi connectivity index (χ0v) is 20.8. The molecule has 2 amide bonds. The van der Waals surface area contributed by atoms with Gasteiger partial charge >= 0.3 is 0 Å². The number of carbonyl (C=O) groups excluding carboxylic acids is 3. The third-order valence-electron chi connectivity index (χ3n) is 5.17. The molecule has 1 heterocycles. The summed E-state index contributed by atoms with van der Waals surface area (Å²) in [6.45, 7) is 5.29. The Bertz CT molecular complexity index is 1200. The fourth-order valence-electron chi connectivity index (χ4n) is 3.65. The Labute approximate surface area is 208 Å². The van der Waals surface area contributed by atoms with Crippen LogP contribution in [0.4, 0.5) is 5.69 Å². The topological polar surface area (TPSA) is 153 Å². The van der Waals surface area contributed by atoms with Gasteiger partial charge in [-0.2, -0.15) is 0 Å². The van der Waals surface area contributed by atoms with E-state index in [9.17, 15) is 14.4 Å². The summed E-state index contributed by atoms with van der Waals surface area (Å²) in [5.74, 6) is -0.901. The Morgan fingerprint density at radius 3 is 2.29 bits per heavy atom. The van der Waals surface area contributed by atoms with Crippen LogP contribution in [0.3, 0.4) is 0 Å². The fourth-order valence-corrected chi connectivity index (χ4v) is 4.61. The normalized spacial score (nSPS) is 12.7. The number of aromatic nitrogens is 1. The van der Waals surface area contributed by atoms with Crippen molar-refractivity contribution in [2.75, 3.05) is 0 Å². The van der Waals surface area contributed by atoms with Crippen molar-refractivity contribution in [2.45, 2.75) is 45.7 Å². The molecule has 2 atom stereocenters. The minimum absolute atomic E-state index is 0.0527. The molecule has 9 nitrogen and oxygen atoms in total. The van der Waals surface area contributed by atoms with E-state index in [4.69, 9.17) is 11.5 Å². The van der Waals surface area contributed by atoms with Gasteiger partial charge in [-0.15, -0.1) is 11.3 Å². The number of thiazole rings is 1. The third kappa shape index (κ3) is 7.35. The fraction of sp³-hybridized carbons (Fsp3) is 0.320. The number of aliphatic imine (C=N–C) groups is 1. The highest BCUT2D eigenvalue weighted by atomic mass is 32.1. The Morgan fingerprint density at radius 2 is 1.69 bits per heavy atom. The van der Waals surface area contributed by atoms with Gasteiger partial charge in [-0.25, -0.2) is 9.98 Å². The molecule has 0 aliphatic heterocycles. The minimum Gasteiger partial charge on any atom is -0.370 e. The molecule has 0 fully saturated rings. The van der Waals surface area contributed by atoms with E-state index in [2.05, 4.69) is 20.6 Å². The molecule has 0 radical (unpaired) electrons. The van der Waals surface area contributed by atoms with E-state index in [1.807, 2.05) is 38.1 Å². The van der Waals surface area contributed by atoms with Crippen LogP contribution in [-0.2, 0) is 16.0 Å². The van der Waals surface area contributed by atoms with Crippen LogP contribution in [-0.4, -0.2) is 40.6 Å². The monoisotopic (exact) mass is 494 g/mol. The number of ketones is 1. The summed E-state index contributed by atoms with van der Waals surface area (Å²) in [5.41, 5.74) is 13.0. The van der Waals surface area contributed by atoms with Crippen molar-refractivity contribution in [3.05, 3.63) is 59.1 Å². The molecule has 0 bridgehead atoms. The lowest BCUT2D eigenvalue weighted by atomic mass is 9.99. The molecule has 10 heteroatoms. The first-order chi connectivity index (χ1) is 16.6. The first-order valence-corrected chi connectivity index (χ1v) is 12.1.